The molecule has 2 aromatic carbocycles. The van der Waals surface area contributed by atoms with Gasteiger partial charge in [-0.2, -0.15) is 0 Å². The molecule has 25 heavy (non-hydrogen) atoms. The fraction of sp³-hybridized carbons (Fsp3) is 0.300. The number of amides is 1. The zero-order chi connectivity index (χ0) is 17.6. The lowest BCUT2D eigenvalue weighted by Crippen LogP contribution is -2.38. The van der Waals surface area contributed by atoms with Crippen LogP contribution in [0.1, 0.15) is 25.0 Å². The van der Waals surface area contributed by atoms with Crippen molar-refractivity contribution >= 4 is 11.8 Å². The van der Waals surface area contributed by atoms with Gasteiger partial charge in [-0.05, 0) is 31.5 Å². The SMILES string of the molecule is CCNC(=O)[C@@H]1N=C(c2ccccc2OCc2ccccc2)O[C@H]1C. The summed E-state index contributed by atoms with van der Waals surface area (Å²) < 4.78 is 11.8. The maximum atomic E-state index is 12.1. The number of carbonyl (C=O) groups excluding carboxylic acids is 1. The quantitative estimate of drug-likeness (QED) is 0.881. The summed E-state index contributed by atoms with van der Waals surface area (Å²) in [6.45, 7) is 4.77. The van der Waals surface area contributed by atoms with Gasteiger partial charge in [0.25, 0.3) is 0 Å². The third-order valence-electron chi connectivity index (χ3n) is 3.97. The molecule has 2 atom stereocenters. The van der Waals surface area contributed by atoms with Crippen LogP contribution >= 0.6 is 0 Å². The van der Waals surface area contributed by atoms with Gasteiger partial charge < -0.3 is 14.8 Å². The Kier molecular flexibility index (Phi) is 5.33. The number of hydrogen-bond donors (Lipinski definition) is 1. The van der Waals surface area contributed by atoms with Crippen molar-refractivity contribution in [2.24, 2.45) is 4.99 Å². The fourth-order valence-corrected chi connectivity index (χ4v) is 2.69. The lowest BCUT2D eigenvalue weighted by Gasteiger charge is -2.13. The molecule has 0 aromatic heterocycles. The maximum Gasteiger partial charge on any atom is 0.248 e. The van der Waals surface area contributed by atoms with Crippen molar-refractivity contribution < 1.29 is 14.3 Å². The van der Waals surface area contributed by atoms with Gasteiger partial charge in [0.05, 0.1) is 5.56 Å². The minimum Gasteiger partial charge on any atom is -0.488 e. The van der Waals surface area contributed by atoms with E-state index in [1.165, 1.54) is 0 Å². The van der Waals surface area contributed by atoms with Gasteiger partial charge in [-0.15, -0.1) is 0 Å². The van der Waals surface area contributed by atoms with Crippen LogP contribution in [-0.4, -0.2) is 30.5 Å². The summed E-state index contributed by atoms with van der Waals surface area (Å²) in [7, 11) is 0. The Morgan fingerprint density at radius 2 is 1.88 bits per heavy atom. The van der Waals surface area contributed by atoms with E-state index in [4.69, 9.17) is 9.47 Å². The molecule has 1 N–H and O–H groups in total. The molecule has 2 aromatic rings. The van der Waals surface area contributed by atoms with Crippen LogP contribution in [0.15, 0.2) is 59.6 Å². The summed E-state index contributed by atoms with van der Waals surface area (Å²) in [6.07, 6.45) is -0.302. The lowest BCUT2D eigenvalue weighted by molar-refractivity contribution is -0.123. The Morgan fingerprint density at radius 3 is 2.64 bits per heavy atom. The first-order chi connectivity index (χ1) is 12.2. The van der Waals surface area contributed by atoms with E-state index >= 15 is 0 Å². The van der Waals surface area contributed by atoms with Crippen LogP contribution in [0.5, 0.6) is 5.75 Å². The number of benzene rings is 2. The highest BCUT2D eigenvalue weighted by atomic mass is 16.5. The summed E-state index contributed by atoms with van der Waals surface area (Å²) in [5.41, 5.74) is 1.84. The van der Waals surface area contributed by atoms with E-state index in [0.29, 0.717) is 24.8 Å². The van der Waals surface area contributed by atoms with E-state index in [1.54, 1.807) is 0 Å². The van der Waals surface area contributed by atoms with Crippen LogP contribution in [-0.2, 0) is 16.1 Å². The number of nitrogens with one attached hydrogen (secondary N) is 1. The molecule has 0 saturated heterocycles. The minimum absolute atomic E-state index is 0.118. The molecule has 0 spiro atoms. The fourth-order valence-electron chi connectivity index (χ4n) is 2.69. The van der Waals surface area contributed by atoms with E-state index in [2.05, 4.69) is 10.3 Å². The van der Waals surface area contributed by atoms with Gasteiger partial charge in [0.1, 0.15) is 18.5 Å². The second-order valence-corrected chi connectivity index (χ2v) is 5.87. The third-order valence-corrected chi connectivity index (χ3v) is 3.97. The van der Waals surface area contributed by atoms with E-state index in [-0.39, 0.29) is 12.0 Å². The predicted octanol–water partition coefficient (Wildman–Crippen LogP) is 2.94. The average Bonchev–Trinajstić information content (AvgIpc) is 3.03. The molecule has 0 unspecified atom stereocenters. The summed E-state index contributed by atoms with van der Waals surface area (Å²) in [4.78, 5) is 16.6. The molecule has 1 aliphatic heterocycles. The van der Waals surface area contributed by atoms with Crippen LogP contribution in [0.2, 0.25) is 0 Å². The van der Waals surface area contributed by atoms with Crippen LogP contribution in [0.4, 0.5) is 0 Å². The maximum absolute atomic E-state index is 12.1. The Balaban J connectivity index is 1.78. The average molecular weight is 338 g/mol. The van der Waals surface area contributed by atoms with Crippen LogP contribution in [0.3, 0.4) is 0 Å². The molecule has 1 heterocycles. The molecular formula is C20H22N2O3. The number of para-hydroxylation sites is 1. The number of ether oxygens (including phenoxy) is 2. The molecule has 0 aliphatic carbocycles. The standard InChI is InChI=1S/C20H22N2O3/c1-3-21-19(23)18-14(2)25-20(22-18)16-11-7-8-12-17(16)24-13-15-9-5-4-6-10-15/h4-12,14,18H,3,13H2,1-2H3,(H,21,23)/t14-,18+/m0/s1. The van der Waals surface area contributed by atoms with Gasteiger partial charge in [-0.1, -0.05) is 42.5 Å². The molecule has 1 amide bonds. The molecule has 0 radical (unpaired) electrons. The highest BCUT2D eigenvalue weighted by Gasteiger charge is 2.34. The van der Waals surface area contributed by atoms with E-state index in [9.17, 15) is 4.79 Å². The Bertz CT molecular complexity index is 759. The first kappa shape index (κ1) is 17.0. The number of likely N-dealkylation sites (N-methyl/N-ethyl adjacent to an activating group) is 1. The van der Waals surface area contributed by atoms with Gasteiger partial charge in [-0.25, -0.2) is 4.99 Å². The third kappa shape index (κ3) is 3.99. The van der Waals surface area contributed by atoms with Crippen molar-refractivity contribution in [3.8, 4) is 5.75 Å². The van der Waals surface area contributed by atoms with Crippen LogP contribution < -0.4 is 10.1 Å². The van der Waals surface area contributed by atoms with Crippen molar-refractivity contribution in [1.29, 1.82) is 0 Å². The zero-order valence-corrected chi connectivity index (χ0v) is 14.4. The normalized spacial score (nSPS) is 19.0. The summed E-state index contributed by atoms with van der Waals surface area (Å²) in [6, 6.07) is 17.0. The van der Waals surface area contributed by atoms with Crippen molar-refractivity contribution in [3.63, 3.8) is 0 Å². The van der Waals surface area contributed by atoms with Crippen molar-refractivity contribution in [3.05, 3.63) is 65.7 Å². The predicted molar refractivity (Wildman–Crippen MR) is 96.8 cm³/mol. The first-order valence-electron chi connectivity index (χ1n) is 8.47. The molecule has 3 rings (SSSR count). The molecule has 0 saturated carbocycles. The molecule has 5 heteroatoms. The van der Waals surface area contributed by atoms with Gasteiger partial charge in [-0.3, -0.25) is 4.79 Å². The van der Waals surface area contributed by atoms with Crippen molar-refractivity contribution in [2.75, 3.05) is 6.54 Å². The largest absolute Gasteiger partial charge is 0.488 e. The molecule has 130 valence electrons. The van der Waals surface area contributed by atoms with Crippen molar-refractivity contribution in [2.45, 2.75) is 32.6 Å². The smallest absolute Gasteiger partial charge is 0.248 e. The number of rotatable bonds is 6. The van der Waals surface area contributed by atoms with Gasteiger partial charge >= 0.3 is 0 Å². The van der Waals surface area contributed by atoms with Gasteiger partial charge in [0, 0.05) is 6.54 Å². The molecular weight excluding hydrogens is 316 g/mol. The molecule has 5 nitrogen and oxygen atoms in total. The molecule has 0 fully saturated rings. The summed E-state index contributed by atoms with van der Waals surface area (Å²) >= 11 is 0. The minimum atomic E-state index is -0.530. The van der Waals surface area contributed by atoms with E-state index in [0.717, 1.165) is 11.1 Å². The molecule has 0 bridgehead atoms. The highest BCUT2D eigenvalue weighted by Crippen LogP contribution is 2.26. The molecule has 1 aliphatic rings. The topological polar surface area (TPSA) is 59.9 Å². The number of aliphatic imine (C=N–C) groups is 1. The monoisotopic (exact) mass is 338 g/mol. The van der Waals surface area contributed by atoms with Gasteiger partial charge in [0.15, 0.2) is 6.04 Å². The Labute approximate surface area is 147 Å². The highest BCUT2D eigenvalue weighted by molar-refractivity contribution is 6.00. The van der Waals surface area contributed by atoms with Crippen LogP contribution in [0.25, 0.3) is 0 Å². The number of carbonyl (C=O) groups is 1. The first-order valence-corrected chi connectivity index (χ1v) is 8.47. The zero-order valence-electron chi connectivity index (χ0n) is 14.4. The second kappa shape index (κ2) is 7.83. The summed E-state index contributed by atoms with van der Waals surface area (Å²) in [5.74, 6) is 1.02. The van der Waals surface area contributed by atoms with Crippen molar-refractivity contribution in [1.82, 2.24) is 5.32 Å². The number of hydrogen-bond acceptors (Lipinski definition) is 4. The van der Waals surface area contributed by atoms with Gasteiger partial charge in [0.2, 0.25) is 11.8 Å². The summed E-state index contributed by atoms with van der Waals surface area (Å²) in [5, 5.41) is 2.79. The van der Waals surface area contributed by atoms with E-state index < -0.39 is 6.04 Å². The Morgan fingerprint density at radius 1 is 1.16 bits per heavy atom. The Hall–Kier alpha value is -2.82. The van der Waals surface area contributed by atoms with Crippen LogP contribution in [0, 0.1) is 0 Å². The number of nitrogens with zero attached hydrogens (tertiary/aromatic N) is 1. The lowest BCUT2D eigenvalue weighted by atomic mass is 10.2. The van der Waals surface area contributed by atoms with E-state index in [1.807, 2.05) is 68.4 Å². The second-order valence-electron chi connectivity index (χ2n) is 5.87.